The van der Waals surface area contributed by atoms with E-state index in [0.29, 0.717) is 30.8 Å². The predicted molar refractivity (Wildman–Crippen MR) is 118 cm³/mol. The Bertz CT molecular complexity index is 1030. The smallest absolute Gasteiger partial charge is 0.232 e. The number of carbonyl (C=O) groups is 1. The molecule has 0 unspecified atom stereocenters. The second-order valence-electron chi connectivity index (χ2n) is 7.81. The summed E-state index contributed by atoms with van der Waals surface area (Å²) in [5, 5.41) is 0. The zero-order chi connectivity index (χ0) is 21.3. The summed E-state index contributed by atoms with van der Waals surface area (Å²) in [6.45, 7) is 4.21. The molecule has 0 aromatic heterocycles. The number of carbonyl (C=O) groups excluding carboxylic acids is 1. The molecule has 1 fully saturated rings. The van der Waals surface area contributed by atoms with Crippen LogP contribution in [-0.2, 0) is 16.4 Å². The van der Waals surface area contributed by atoms with Crippen LogP contribution in [0.4, 0.5) is 11.4 Å². The van der Waals surface area contributed by atoms with Crippen molar-refractivity contribution >= 4 is 27.2 Å². The fourth-order valence-corrected chi connectivity index (χ4v) is 5.10. The molecule has 0 bridgehead atoms. The van der Waals surface area contributed by atoms with Gasteiger partial charge in [0, 0.05) is 44.0 Å². The summed E-state index contributed by atoms with van der Waals surface area (Å²) in [4.78, 5) is 17.3. The number of fused-ring (bicyclic) bond motifs is 1. The third kappa shape index (κ3) is 4.29. The molecule has 2 aliphatic heterocycles. The van der Waals surface area contributed by atoms with Gasteiger partial charge in [0.15, 0.2) is 5.78 Å². The standard InChI is InChI=1S/C22H27N3O4S/c1-29-20-6-4-19(5-7-20)24-13-11-23(12-14-24)16-22(26)18-3-8-21-17(15-18)9-10-25(21)30(2,27)28/h3-8,15H,9-14,16H2,1-2H3. The first-order valence-corrected chi connectivity index (χ1v) is 12.0. The molecule has 8 heteroatoms. The van der Waals surface area contributed by atoms with E-state index in [-0.39, 0.29) is 5.78 Å². The van der Waals surface area contributed by atoms with Crippen LogP contribution in [0.25, 0.3) is 0 Å². The van der Waals surface area contributed by atoms with Crippen LogP contribution in [0.1, 0.15) is 15.9 Å². The molecule has 0 amide bonds. The number of piperazine rings is 1. The molecule has 0 radical (unpaired) electrons. The van der Waals surface area contributed by atoms with Crippen LogP contribution in [-0.4, -0.2) is 71.7 Å². The molecule has 160 valence electrons. The fourth-order valence-electron chi connectivity index (χ4n) is 4.14. The first kappa shape index (κ1) is 20.7. The van der Waals surface area contributed by atoms with Crippen LogP contribution in [0, 0.1) is 0 Å². The molecule has 4 rings (SSSR count). The van der Waals surface area contributed by atoms with E-state index in [2.05, 4.69) is 21.9 Å². The maximum atomic E-state index is 12.8. The van der Waals surface area contributed by atoms with Crippen molar-refractivity contribution in [3.05, 3.63) is 53.6 Å². The Morgan fingerprint density at radius 3 is 2.33 bits per heavy atom. The van der Waals surface area contributed by atoms with E-state index in [4.69, 9.17) is 4.74 Å². The molecule has 0 atom stereocenters. The summed E-state index contributed by atoms with van der Waals surface area (Å²) in [6.07, 6.45) is 1.86. The fraction of sp³-hybridized carbons (Fsp3) is 0.409. The van der Waals surface area contributed by atoms with Crippen molar-refractivity contribution < 1.29 is 17.9 Å². The lowest BCUT2D eigenvalue weighted by Gasteiger charge is -2.35. The van der Waals surface area contributed by atoms with Crippen LogP contribution >= 0.6 is 0 Å². The molecule has 0 saturated carbocycles. The number of sulfonamides is 1. The van der Waals surface area contributed by atoms with Crippen LogP contribution in [0.2, 0.25) is 0 Å². The van der Waals surface area contributed by atoms with E-state index < -0.39 is 10.0 Å². The summed E-state index contributed by atoms with van der Waals surface area (Å²) in [5.74, 6) is 0.922. The maximum absolute atomic E-state index is 12.8. The van der Waals surface area contributed by atoms with Crippen LogP contribution in [0.5, 0.6) is 5.75 Å². The average Bonchev–Trinajstić information content (AvgIpc) is 3.18. The van der Waals surface area contributed by atoms with Crippen molar-refractivity contribution in [2.75, 3.05) is 61.8 Å². The summed E-state index contributed by atoms with van der Waals surface area (Å²) in [5.41, 5.74) is 3.44. The second-order valence-corrected chi connectivity index (χ2v) is 9.72. The third-order valence-corrected chi connectivity index (χ3v) is 7.01. The molecule has 2 heterocycles. The van der Waals surface area contributed by atoms with Gasteiger partial charge < -0.3 is 9.64 Å². The van der Waals surface area contributed by atoms with Crippen molar-refractivity contribution in [2.24, 2.45) is 0 Å². The number of hydrogen-bond acceptors (Lipinski definition) is 6. The van der Waals surface area contributed by atoms with Gasteiger partial charge in [0.25, 0.3) is 0 Å². The Morgan fingerprint density at radius 2 is 1.70 bits per heavy atom. The number of ether oxygens (including phenoxy) is 1. The molecule has 0 spiro atoms. The average molecular weight is 430 g/mol. The molecule has 0 aliphatic carbocycles. The van der Waals surface area contributed by atoms with Crippen molar-refractivity contribution in [2.45, 2.75) is 6.42 Å². The van der Waals surface area contributed by atoms with Gasteiger partial charge in [-0.3, -0.25) is 14.0 Å². The second kappa shape index (κ2) is 8.28. The van der Waals surface area contributed by atoms with Gasteiger partial charge in [-0.25, -0.2) is 8.42 Å². The predicted octanol–water partition coefficient (Wildman–Crippen LogP) is 2.02. The van der Waals surface area contributed by atoms with Gasteiger partial charge in [-0.15, -0.1) is 0 Å². The monoisotopic (exact) mass is 429 g/mol. The first-order chi connectivity index (χ1) is 14.3. The highest BCUT2D eigenvalue weighted by Crippen LogP contribution is 2.31. The molecular formula is C22H27N3O4S. The van der Waals surface area contributed by atoms with E-state index in [1.165, 1.54) is 10.6 Å². The molecule has 0 N–H and O–H groups in total. The highest BCUT2D eigenvalue weighted by molar-refractivity contribution is 7.92. The molecular weight excluding hydrogens is 402 g/mol. The number of ketones is 1. The van der Waals surface area contributed by atoms with E-state index in [1.807, 2.05) is 18.2 Å². The SMILES string of the molecule is COc1ccc(N2CCN(CC(=O)c3ccc4c(c3)CCN4S(C)(=O)=O)CC2)cc1. The lowest BCUT2D eigenvalue weighted by molar-refractivity contribution is 0.0926. The maximum Gasteiger partial charge on any atom is 0.232 e. The minimum absolute atomic E-state index is 0.0773. The topological polar surface area (TPSA) is 70.2 Å². The van der Waals surface area contributed by atoms with Gasteiger partial charge >= 0.3 is 0 Å². The Balaban J connectivity index is 1.35. The number of hydrogen-bond donors (Lipinski definition) is 0. The van der Waals surface area contributed by atoms with E-state index >= 15 is 0 Å². The zero-order valence-electron chi connectivity index (χ0n) is 17.4. The summed E-state index contributed by atoms with van der Waals surface area (Å²) >= 11 is 0. The Hall–Kier alpha value is -2.58. The van der Waals surface area contributed by atoms with Gasteiger partial charge in [0.05, 0.1) is 25.6 Å². The van der Waals surface area contributed by atoms with E-state index in [0.717, 1.165) is 43.2 Å². The largest absolute Gasteiger partial charge is 0.497 e. The van der Waals surface area contributed by atoms with E-state index in [1.54, 1.807) is 19.2 Å². The van der Waals surface area contributed by atoms with E-state index in [9.17, 15) is 13.2 Å². The van der Waals surface area contributed by atoms with Crippen molar-refractivity contribution in [3.8, 4) is 5.75 Å². The molecule has 7 nitrogen and oxygen atoms in total. The number of Topliss-reactive ketones (excluding diaryl/α,β-unsaturated/α-hetero) is 1. The Labute approximate surface area is 177 Å². The van der Waals surface area contributed by atoms with Crippen molar-refractivity contribution in [1.29, 1.82) is 0 Å². The summed E-state index contributed by atoms with van der Waals surface area (Å²) in [6, 6.07) is 13.4. The van der Waals surface area contributed by atoms with Crippen molar-refractivity contribution in [1.82, 2.24) is 4.90 Å². The summed E-state index contributed by atoms with van der Waals surface area (Å²) in [7, 11) is -1.62. The van der Waals surface area contributed by atoms with Crippen LogP contribution < -0.4 is 13.9 Å². The summed E-state index contributed by atoms with van der Waals surface area (Å²) < 4.78 is 30.4. The van der Waals surface area contributed by atoms with Gasteiger partial charge in [-0.05, 0) is 54.4 Å². The quantitative estimate of drug-likeness (QED) is 0.655. The van der Waals surface area contributed by atoms with Crippen molar-refractivity contribution in [3.63, 3.8) is 0 Å². The zero-order valence-corrected chi connectivity index (χ0v) is 18.2. The number of benzene rings is 2. The molecule has 1 saturated heterocycles. The minimum atomic E-state index is -3.28. The Kier molecular flexibility index (Phi) is 5.71. The Morgan fingerprint density at radius 1 is 1.00 bits per heavy atom. The van der Waals surface area contributed by atoms with Gasteiger partial charge in [-0.1, -0.05) is 0 Å². The number of rotatable bonds is 6. The van der Waals surface area contributed by atoms with Gasteiger partial charge in [0.2, 0.25) is 10.0 Å². The molecule has 2 aliphatic rings. The minimum Gasteiger partial charge on any atom is -0.497 e. The molecule has 2 aromatic rings. The highest BCUT2D eigenvalue weighted by Gasteiger charge is 2.27. The number of anilines is 2. The number of nitrogens with zero attached hydrogens (tertiary/aromatic N) is 3. The highest BCUT2D eigenvalue weighted by atomic mass is 32.2. The first-order valence-electron chi connectivity index (χ1n) is 10.1. The lowest BCUT2D eigenvalue weighted by atomic mass is 10.0. The molecule has 2 aromatic carbocycles. The normalized spacial score (nSPS) is 17.1. The van der Waals surface area contributed by atoms with Crippen LogP contribution in [0.15, 0.2) is 42.5 Å². The van der Waals surface area contributed by atoms with Crippen LogP contribution in [0.3, 0.4) is 0 Å². The van der Waals surface area contributed by atoms with Gasteiger partial charge in [-0.2, -0.15) is 0 Å². The lowest BCUT2D eigenvalue weighted by Crippen LogP contribution is -2.48. The van der Waals surface area contributed by atoms with Gasteiger partial charge in [0.1, 0.15) is 5.75 Å². The molecule has 30 heavy (non-hydrogen) atoms. The number of methoxy groups -OCH3 is 1. The third-order valence-electron chi connectivity index (χ3n) is 5.83.